The number of allylic oxidation sites excluding steroid dienone is 1. The van der Waals surface area contributed by atoms with E-state index in [0.29, 0.717) is 22.6 Å². The van der Waals surface area contributed by atoms with Crippen molar-refractivity contribution < 1.29 is 18.8 Å². The molecule has 178 valence electrons. The van der Waals surface area contributed by atoms with Gasteiger partial charge in [0.05, 0.1) is 6.26 Å². The second kappa shape index (κ2) is 11.8. The first-order valence-corrected chi connectivity index (χ1v) is 11.8. The van der Waals surface area contributed by atoms with E-state index >= 15 is 0 Å². The number of hydrogen-bond acceptors (Lipinski definition) is 4. The van der Waals surface area contributed by atoms with Crippen LogP contribution in [0.3, 0.4) is 0 Å². The number of rotatable bonds is 8. The summed E-state index contributed by atoms with van der Waals surface area (Å²) in [5.41, 5.74) is 2.26. The smallest absolute Gasteiger partial charge is 0.272 e. The maximum absolute atomic E-state index is 13.0. The van der Waals surface area contributed by atoms with Gasteiger partial charge in [0.1, 0.15) is 11.5 Å². The fourth-order valence-corrected chi connectivity index (χ4v) is 3.67. The van der Waals surface area contributed by atoms with E-state index in [9.17, 15) is 14.4 Å². The minimum absolute atomic E-state index is 0.0101. The SMILES string of the molecule is O=C(Nc1ccc(C(=O)/C=C/c2cccc(Br)c2)cc1)/C(=C/c1ccco1)NC(=O)c1ccccc1. The highest BCUT2D eigenvalue weighted by molar-refractivity contribution is 9.10. The molecule has 0 fully saturated rings. The molecule has 3 aromatic carbocycles. The molecule has 1 heterocycles. The lowest BCUT2D eigenvalue weighted by atomic mass is 10.1. The summed E-state index contributed by atoms with van der Waals surface area (Å²) in [6, 6.07) is 26.0. The van der Waals surface area contributed by atoms with Gasteiger partial charge in [0.2, 0.25) is 0 Å². The van der Waals surface area contributed by atoms with Gasteiger partial charge in [0.25, 0.3) is 11.8 Å². The Morgan fingerprint density at radius 3 is 2.28 bits per heavy atom. The third-order valence-corrected chi connectivity index (χ3v) is 5.55. The van der Waals surface area contributed by atoms with Crippen LogP contribution in [0.1, 0.15) is 32.0 Å². The molecule has 36 heavy (non-hydrogen) atoms. The highest BCUT2D eigenvalue weighted by atomic mass is 79.9. The van der Waals surface area contributed by atoms with Gasteiger partial charge in [0, 0.05) is 27.4 Å². The third-order valence-electron chi connectivity index (χ3n) is 5.06. The molecule has 4 aromatic rings. The maximum atomic E-state index is 13.0. The van der Waals surface area contributed by atoms with Crippen molar-refractivity contribution in [3.8, 4) is 0 Å². The van der Waals surface area contributed by atoms with Gasteiger partial charge in [-0.1, -0.05) is 52.3 Å². The summed E-state index contributed by atoms with van der Waals surface area (Å²) >= 11 is 3.41. The molecule has 0 saturated carbocycles. The van der Waals surface area contributed by atoms with Crippen molar-refractivity contribution in [3.63, 3.8) is 0 Å². The van der Waals surface area contributed by atoms with Crippen LogP contribution in [-0.4, -0.2) is 17.6 Å². The van der Waals surface area contributed by atoms with Gasteiger partial charge >= 0.3 is 0 Å². The monoisotopic (exact) mass is 540 g/mol. The van der Waals surface area contributed by atoms with E-state index in [4.69, 9.17) is 4.42 Å². The first-order chi connectivity index (χ1) is 17.5. The van der Waals surface area contributed by atoms with E-state index in [1.165, 1.54) is 18.4 Å². The molecule has 0 aliphatic heterocycles. The van der Waals surface area contributed by atoms with Gasteiger partial charge in [-0.15, -0.1) is 0 Å². The number of ketones is 1. The molecule has 0 unspecified atom stereocenters. The van der Waals surface area contributed by atoms with Gasteiger partial charge in [-0.25, -0.2) is 0 Å². The Morgan fingerprint density at radius 1 is 0.806 bits per heavy atom. The Labute approximate surface area is 216 Å². The van der Waals surface area contributed by atoms with Crippen molar-refractivity contribution in [2.24, 2.45) is 0 Å². The Kier molecular flexibility index (Phi) is 8.05. The quantitative estimate of drug-likeness (QED) is 0.201. The number of carbonyl (C=O) groups is 3. The number of furan rings is 1. The largest absolute Gasteiger partial charge is 0.465 e. The lowest BCUT2D eigenvalue weighted by Gasteiger charge is -2.11. The topological polar surface area (TPSA) is 88.4 Å². The summed E-state index contributed by atoms with van der Waals surface area (Å²) in [7, 11) is 0. The Morgan fingerprint density at radius 2 is 1.58 bits per heavy atom. The predicted molar refractivity (Wildman–Crippen MR) is 143 cm³/mol. The molecule has 1 aromatic heterocycles. The molecule has 2 N–H and O–H groups in total. The number of benzene rings is 3. The van der Waals surface area contributed by atoms with Crippen LogP contribution in [0.5, 0.6) is 0 Å². The van der Waals surface area contributed by atoms with E-state index in [0.717, 1.165) is 10.0 Å². The van der Waals surface area contributed by atoms with Crippen LogP contribution in [0.15, 0.2) is 118 Å². The van der Waals surface area contributed by atoms with Gasteiger partial charge in [0.15, 0.2) is 5.78 Å². The molecule has 4 rings (SSSR count). The van der Waals surface area contributed by atoms with Crippen LogP contribution in [0.2, 0.25) is 0 Å². The fraction of sp³-hybridized carbons (Fsp3) is 0. The highest BCUT2D eigenvalue weighted by Crippen LogP contribution is 2.16. The lowest BCUT2D eigenvalue weighted by Crippen LogP contribution is -2.30. The number of hydrogen-bond donors (Lipinski definition) is 2. The number of halogens is 1. The van der Waals surface area contributed by atoms with Crippen LogP contribution in [0.25, 0.3) is 12.2 Å². The summed E-state index contributed by atoms with van der Waals surface area (Å²) in [6.07, 6.45) is 6.16. The molecule has 0 atom stereocenters. The molecule has 7 heteroatoms. The second-order valence-electron chi connectivity index (χ2n) is 7.68. The average molecular weight is 541 g/mol. The Hall–Kier alpha value is -4.49. The van der Waals surface area contributed by atoms with Gasteiger partial charge < -0.3 is 15.1 Å². The van der Waals surface area contributed by atoms with Crippen molar-refractivity contribution in [3.05, 3.63) is 136 Å². The summed E-state index contributed by atoms with van der Waals surface area (Å²) in [4.78, 5) is 38.2. The number of nitrogens with one attached hydrogen (secondary N) is 2. The van der Waals surface area contributed by atoms with Crippen LogP contribution < -0.4 is 10.6 Å². The van der Waals surface area contributed by atoms with Crippen LogP contribution in [-0.2, 0) is 4.79 Å². The Bertz CT molecular complexity index is 1420. The summed E-state index contributed by atoms with van der Waals surface area (Å²) < 4.78 is 6.23. The Balaban J connectivity index is 1.45. The first-order valence-electron chi connectivity index (χ1n) is 11.0. The zero-order chi connectivity index (χ0) is 25.3. The van der Waals surface area contributed by atoms with Crippen molar-refractivity contribution in [2.45, 2.75) is 0 Å². The van der Waals surface area contributed by atoms with Crippen molar-refractivity contribution >= 4 is 51.4 Å². The number of anilines is 1. The third kappa shape index (κ3) is 6.77. The summed E-state index contributed by atoms with van der Waals surface area (Å²) in [6.45, 7) is 0. The first kappa shape index (κ1) is 24.6. The molecule has 2 amide bonds. The highest BCUT2D eigenvalue weighted by Gasteiger charge is 2.16. The molecule has 0 radical (unpaired) electrons. The van der Waals surface area contributed by atoms with Crippen LogP contribution in [0, 0.1) is 0 Å². The molecule has 0 saturated heterocycles. The normalized spacial score (nSPS) is 11.3. The predicted octanol–water partition coefficient (Wildman–Crippen LogP) is 6.35. The summed E-state index contributed by atoms with van der Waals surface area (Å²) in [5, 5.41) is 5.38. The fourth-order valence-electron chi connectivity index (χ4n) is 3.25. The van der Waals surface area contributed by atoms with E-state index in [-0.39, 0.29) is 11.5 Å². The minimum Gasteiger partial charge on any atom is -0.465 e. The van der Waals surface area contributed by atoms with Gasteiger partial charge in [-0.05, 0) is 72.3 Å². The molecular formula is C29H21BrN2O4. The van der Waals surface area contributed by atoms with Gasteiger partial charge in [-0.3, -0.25) is 14.4 Å². The van der Waals surface area contributed by atoms with E-state index in [1.54, 1.807) is 72.8 Å². The molecule has 0 aliphatic rings. The molecular weight excluding hydrogens is 520 g/mol. The van der Waals surface area contributed by atoms with Crippen molar-refractivity contribution in [1.29, 1.82) is 0 Å². The van der Waals surface area contributed by atoms with Crippen LogP contribution >= 0.6 is 15.9 Å². The molecule has 0 spiro atoms. The molecule has 0 bridgehead atoms. The average Bonchev–Trinajstić information content (AvgIpc) is 3.41. The maximum Gasteiger partial charge on any atom is 0.272 e. The molecule has 6 nitrogen and oxygen atoms in total. The van der Waals surface area contributed by atoms with E-state index in [1.807, 2.05) is 24.3 Å². The summed E-state index contributed by atoms with van der Waals surface area (Å²) in [5.74, 6) is -0.723. The zero-order valence-electron chi connectivity index (χ0n) is 19.0. The van der Waals surface area contributed by atoms with Crippen LogP contribution in [0.4, 0.5) is 5.69 Å². The number of amides is 2. The minimum atomic E-state index is -0.538. The van der Waals surface area contributed by atoms with Crippen molar-refractivity contribution in [1.82, 2.24) is 5.32 Å². The van der Waals surface area contributed by atoms with Gasteiger partial charge in [-0.2, -0.15) is 0 Å². The molecule has 0 aliphatic carbocycles. The van der Waals surface area contributed by atoms with E-state index in [2.05, 4.69) is 26.6 Å². The zero-order valence-corrected chi connectivity index (χ0v) is 20.6. The second-order valence-corrected chi connectivity index (χ2v) is 8.59. The number of carbonyl (C=O) groups excluding carboxylic acids is 3. The lowest BCUT2D eigenvalue weighted by molar-refractivity contribution is -0.113. The van der Waals surface area contributed by atoms with E-state index < -0.39 is 11.8 Å². The standard InChI is InChI=1S/C29H21BrN2O4/c30-23-9-4-6-20(18-23)11-16-27(33)21-12-14-24(15-13-21)31-29(35)26(19-25-10-5-17-36-25)32-28(34)22-7-2-1-3-8-22/h1-19H,(H,31,35)(H,32,34)/b16-11+,26-19-. The van der Waals surface area contributed by atoms with Crippen molar-refractivity contribution in [2.75, 3.05) is 5.32 Å².